The van der Waals surface area contributed by atoms with Crippen molar-refractivity contribution in [1.82, 2.24) is 15.5 Å². The van der Waals surface area contributed by atoms with Crippen LogP contribution in [-0.2, 0) is 16.1 Å². The molecule has 1 aromatic carbocycles. The van der Waals surface area contributed by atoms with Crippen LogP contribution in [0.3, 0.4) is 0 Å². The molecular weight excluding hydrogens is 355 g/mol. The fourth-order valence-corrected chi connectivity index (χ4v) is 3.66. The van der Waals surface area contributed by atoms with Crippen LogP contribution in [0, 0.1) is 18.7 Å². The molecule has 1 saturated heterocycles. The molecule has 1 atom stereocenters. The van der Waals surface area contributed by atoms with Crippen molar-refractivity contribution in [3.05, 3.63) is 40.2 Å². The fraction of sp³-hybridized carbons (Fsp3) is 0.444. The predicted molar refractivity (Wildman–Crippen MR) is 97.4 cm³/mol. The first kappa shape index (κ1) is 18.4. The van der Waals surface area contributed by atoms with E-state index in [0.717, 1.165) is 10.6 Å². The number of aryl methyl sites for hydroxylation is 1. The summed E-state index contributed by atoms with van der Waals surface area (Å²) in [7, 11) is 0. The number of carbonyl (C=O) groups excluding carboxylic acids is 2. The second-order valence-corrected chi connectivity index (χ2v) is 7.77. The van der Waals surface area contributed by atoms with E-state index in [1.807, 2.05) is 13.8 Å². The molecule has 6 nitrogen and oxygen atoms in total. The number of hydrogen-bond donors (Lipinski definition) is 1. The largest absolute Gasteiger partial charge is 0.352 e. The van der Waals surface area contributed by atoms with Crippen molar-refractivity contribution in [2.24, 2.45) is 5.92 Å². The maximum atomic E-state index is 13.3. The van der Waals surface area contributed by atoms with Crippen LogP contribution in [0.1, 0.15) is 42.3 Å². The Hall–Kier alpha value is -2.35. The Morgan fingerprint density at radius 2 is 2.19 bits per heavy atom. The molecule has 1 N–H and O–H groups in total. The topological polar surface area (TPSA) is 75.2 Å². The van der Waals surface area contributed by atoms with Crippen molar-refractivity contribution < 1.29 is 14.0 Å². The van der Waals surface area contributed by atoms with Crippen molar-refractivity contribution in [3.8, 4) is 0 Å². The van der Waals surface area contributed by atoms with Crippen LogP contribution in [0.5, 0.6) is 0 Å². The third-order valence-electron chi connectivity index (χ3n) is 4.34. The summed E-state index contributed by atoms with van der Waals surface area (Å²) in [5, 5.41) is 12.4. The number of nitrogens with one attached hydrogen (secondary N) is 1. The Morgan fingerprint density at radius 1 is 1.42 bits per heavy atom. The Labute approximate surface area is 155 Å². The summed E-state index contributed by atoms with van der Waals surface area (Å²) < 4.78 is 13.3. The van der Waals surface area contributed by atoms with Crippen molar-refractivity contribution in [1.29, 1.82) is 0 Å². The van der Waals surface area contributed by atoms with Crippen molar-refractivity contribution in [2.75, 3.05) is 11.4 Å². The zero-order chi connectivity index (χ0) is 18.8. The minimum absolute atomic E-state index is 0.116. The van der Waals surface area contributed by atoms with Crippen LogP contribution in [0.4, 0.5) is 9.52 Å². The van der Waals surface area contributed by atoms with Crippen LogP contribution in [-0.4, -0.2) is 28.6 Å². The van der Waals surface area contributed by atoms with Crippen molar-refractivity contribution in [2.45, 2.75) is 39.7 Å². The number of rotatable bonds is 5. The number of anilines is 1. The molecule has 1 aromatic heterocycles. The highest BCUT2D eigenvalue weighted by Gasteiger charge is 2.36. The molecule has 138 valence electrons. The number of amides is 2. The summed E-state index contributed by atoms with van der Waals surface area (Å²) >= 11 is 1.38. The van der Waals surface area contributed by atoms with E-state index in [2.05, 4.69) is 15.5 Å². The molecule has 2 amide bonds. The Bertz CT molecular complexity index is 836. The second kappa shape index (κ2) is 7.49. The molecule has 3 rings (SSSR count). The van der Waals surface area contributed by atoms with Gasteiger partial charge < -0.3 is 5.32 Å². The van der Waals surface area contributed by atoms with E-state index in [1.54, 1.807) is 19.1 Å². The van der Waals surface area contributed by atoms with Gasteiger partial charge in [0.1, 0.15) is 10.8 Å². The maximum Gasteiger partial charge on any atom is 0.229 e. The van der Waals surface area contributed by atoms with Crippen LogP contribution in [0.2, 0.25) is 0 Å². The molecule has 1 aliphatic rings. The van der Waals surface area contributed by atoms with E-state index in [1.165, 1.54) is 22.3 Å². The first-order chi connectivity index (χ1) is 12.3. The van der Waals surface area contributed by atoms with Gasteiger partial charge in [-0.25, -0.2) is 4.39 Å². The summed E-state index contributed by atoms with van der Waals surface area (Å²) in [5.41, 5.74) is 1.36. The van der Waals surface area contributed by atoms with Gasteiger partial charge in [-0.05, 0) is 24.1 Å². The SMILES string of the molecule is Cc1cc(CNC(=O)C2CC(=O)N(c3nnc(C(C)C)s3)C2)ccc1F. The molecule has 26 heavy (non-hydrogen) atoms. The number of nitrogens with zero attached hydrogens (tertiary/aromatic N) is 3. The standard InChI is InChI=1S/C18H21FN4O2S/c1-10(2)17-21-22-18(26-17)23-9-13(7-15(23)24)16(25)20-8-12-4-5-14(19)11(3)6-12/h4-6,10,13H,7-9H2,1-3H3,(H,20,25). The molecule has 0 spiro atoms. The van der Waals surface area contributed by atoms with Gasteiger partial charge in [-0.15, -0.1) is 10.2 Å². The summed E-state index contributed by atoms with van der Waals surface area (Å²) in [6, 6.07) is 4.74. The molecule has 0 radical (unpaired) electrons. The minimum Gasteiger partial charge on any atom is -0.352 e. The molecule has 0 aliphatic carbocycles. The average Bonchev–Trinajstić information content (AvgIpc) is 3.22. The number of carbonyl (C=O) groups is 2. The highest BCUT2D eigenvalue weighted by molar-refractivity contribution is 7.15. The molecule has 2 aromatic rings. The molecule has 2 heterocycles. The summed E-state index contributed by atoms with van der Waals surface area (Å²) in [6.45, 7) is 6.33. The molecule has 1 unspecified atom stereocenters. The van der Waals surface area contributed by atoms with Crippen LogP contribution in [0.15, 0.2) is 18.2 Å². The van der Waals surface area contributed by atoms with Gasteiger partial charge in [0.25, 0.3) is 0 Å². The zero-order valence-corrected chi connectivity index (χ0v) is 15.8. The Balaban J connectivity index is 1.60. The molecule has 0 bridgehead atoms. The highest BCUT2D eigenvalue weighted by atomic mass is 32.1. The average molecular weight is 376 g/mol. The molecule has 1 aliphatic heterocycles. The van der Waals surface area contributed by atoms with E-state index in [9.17, 15) is 14.0 Å². The number of hydrogen-bond acceptors (Lipinski definition) is 5. The lowest BCUT2D eigenvalue weighted by molar-refractivity contribution is -0.126. The Morgan fingerprint density at radius 3 is 2.85 bits per heavy atom. The summed E-state index contributed by atoms with van der Waals surface area (Å²) in [6.07, 6.45) is 0.158. The number of halogens is 1. The maximum absolute atomic E-state index is 13.3. The quantitative estimate of drug-likeness (QED) is 0.871. The second-order valence-electron chi connectivity index (χ2n) is 6.78. The third kappa shape index (κ3) is 3.90. The van der Waals surface area contributed by atoms with Gasteiger partial charge in [0, 0.05) is 25.4 Å². The highest BCUT2D eigenvalue weighted by Crippen LogP contribution is 2.30. The van der Waals surface area contributed by atoms with Crippen molar-refractivity contribution >= 4 is 28.3 Å². The van der Waals surface area contributed by atoms with Gasteiger partial charge in [0.15, 0.2) is 0 Å². The van der Waals surface area contributed by atoms with E-state index in [-0.39, 0.29) is 30.0 Å². The zero-order valence-electron chi connectivity index (χ0n) is 15.0. The third-order valence-corrected chi connectivity index (χ3v) is 5.59. The van der Waals surface area contributed by atoms with Gasteiger partial charge in [0.2, 0.25) is 16.9 Å². The first-order valence-electron chi connectivity index (χ1n) is 8.51. The van der Waals surface area contributed by atoms with Gasteiger partial charge in [-0.3, -0.25) is 14.5 Å². The van der Waals surface area contributed by atoms with E-state index in [4.69, 9.17) is 0 Å². The smallest absolute Gasteiger partial charge is 0.229 e. The van der Waals surface area contributed by atoms with E-state index >= 15 is 0 Å². The lowest BCUT2D eigenvalue weighted by Gasteiger charge is -2.13. The first-order valence-corrected chi connectivity index (χ1v) is 9.33. The number of aromatic nitrogens is 2. The lowest BCUT2D eigenvalue weighted by atomic mass is 10.1. The number of benzene rings is 1. The van der Waals surface area contributed by atoms with Crippen molar-refractivity contribution in [3.63, 3.8) is 0 Å². The fourth-order valence-electron chi connectivity index (χ4n) is 2.79. The Kier molecular flexibility index (Phi) is 5.31. The van der Waals surface area contributed by atoms with E-state index < -0.39 is 5.92 Å². The van der Waals surface area contributed by atoms with Gasteiger partial charge >= 0.3 is 0 Å². The van der Waals surface area contributed by atoms with E-state index in [0.29, 0.717) is 23.8 Å². The van der Waals surface area contributed by atoms with Crippen LogP contribution >= 0.6 is 11.3 Å². The molecule has 1 fully saturated rings. The lowest BCUT2D eigenvalue weighted by Crippen LogP contribution is -2.32. The molecular formula is C18H21FN4O2S. The normalized spacial score (nSPS) is 17.2. The summed E-state index contributed by atoms with van der Waals surface area (Å²) in [4.78, 5) is 26.2. The molecule has 0 saturated carbocycles. The van der Waals surface area contributed by atoms with Gasteiger partial charge in [-0.1, -0.05) is 37.3 Å². The summed E-state index contributed by atoms with van der Waals surface area (Å²) in [5.74, 6) is -0.742. The monoisotopic (exact) mass is 376 g/mol. The van der Waals surface area contributed by atoms with Crippen LogP contribution in [0.25, 0.3) is 0 Å². The van der Waals surface area contributed by atoms with Crippen LogP contribution < -0.4 is 10.2 Å². The van der Waals surface area contributed by atoms with Gasteiger partial charge in [-0.2, -0.15) is 0 Å². The molecule has 8 heteroatoms. The predicted octanol–water partition coefficient (Wildman–Crippen LogP) is 2.78. The van der Waals surface area contributed by atoms with Gasteiger partial charge in [0.05, 0.1) is 5.92 Å². The minimum atomic E-state index is -0.421.